The number of hydrogen-bond acceptors (Lipinski definition) is 5. The molecule has 0 aliphatic carbocycles. The predicted molar refractivity (Wildman–Crippen MR) is 98.4 cm³/mol. The summed E-state index contributed by atoms with van der Waals surface area (Å²) in [6.07, 6.45) is 0. The maximum atomic E-state index is 10.7. The molecule has 3 aromatic rings. The maximum Gasteiger partial charge on any atom is 0.271 e. The van der Waals surface area contributed by atoms with Gasteiger partial charge < -0.3 is 5.32 Å². The highest BCUT2D eigenvalue weighted by Crippen LogP contribution is 2.30. The Hall–Kier alpha value is -3.25. The van der Waals surface area contributed by atoms with Gasteiger partial charge in [0.1, 0.15) is 5.69 Å². The summed E-state index contributed by atoms with van der Waals surface area (Å²) in [5.41, 5.74) is 2.86. The fourth-order valence-corrected chi connectivity index (χ4v) is 2.31. The molecule has 0 amide bonds. The van der Waals surface area contributed by atoms with Crippen molar-refractivity contribution in [1.29, 1.82) is 0 Å². The van der Waals surface area contributed by atoms with Crippen molar-refractivity contribution in [2.75, 3.05) is 5.32 Å². The summed E-state index contributed by atoms with van der Waals surface area (Å²) in [5, 5.41) is 22.3. The van der Waals surface area contributed by atoms with Gasteiger partial charge in [-0.3, -0.25) is 10.1 Å². The van der Waals surface area contributed by atoms with Crippen molar-refractivity contribution >= 4 is 40.0 Å². The second-order valence-electron chi connectivity index (χ2n) is 5.13. The molecule has 0 saturated carbocycles. The number of benzene rings is 3. The average Bonchev–Trinajstić information content (AvgIpc) is 2.62. The van der Waals surface area contributed by atoms with Gasteiger partial charge >= 0.3 is 0 Å². The number of anilines is 2. The van der Waals surface area contributed by atoms with Gasteiger partial charge in [-0.2, -0.15) is 5.11 Å². The lowest BCUT2D eigenvalue weighted by Crippen LogP contribution is -1.88. The van der Waals surface area contributed by atoms with E-state index >= 15 is 0 Å². The lowest BCUT2D eigenvalue weighted by molar-refractivity contribution is -0.384. The van der Waals surface area contributed by atoms with Crippen LogP contribution in [0, 0.1) is 10.1 Å². The second kappa shape index (κ2) is 7.55. The van der Waals surface area contributed by atoms with Crippen LogP contribution in [0.25, 0.3) is 0 Å². The lowest BCUT2D eigenvalue weighted by atomic mass is 10.2. The van der Waals surface area contributed by atoms with E-state index < -0.39 is 4.92 Å². The van der Waals surface area contributed by atoms with E-state index in [0.717, 1.165) is 11.4 Å². The minimum Gasteiger partial charge on any atom is -0.356 e. The normalized spacial score (nSPS) is 10.8. The molecule has 0 atom stereocenters. The van der Waals surface area contributed by atoms with Gasteiger partial charge in [-0.05, 0) is 42.5 Å². The highest BCUT2D eigenvalue weighted by atomic mass is 35.5. The zero-order valence-electron chi connectivity index (χ0n) is 13.0. The van der Waals surface area contributed by atoms with Gasteiger partial charge in [-0.1, -0.05) is 29.8 Å². The first-order valence-corrected chi connectivity index (χ1v) is 7.77. The Kier molecular flexibility index (Phi) is 5.01. The van der Waals surface area contributed by atoms with Crippen LogP contribution >= 0.6 is 11.6 Å². The molecule has 3 aromatic carbocycles. The number of hydrogen-bond donors (Lipinski definition) is 1. The summed E-state index contributed by atoms with van der Waals surface area (Å²) in [4.78, 5) is 10.2. The number of nitrogens with zero attached hydrogens (tertiary/aromatic N) is 3. The van der Waals surface area contributed by atoms with Gasteiger partial charge in [0.25, 0.3) is 5.69 Å². The fourth-order valence-electron chi connectivity index (χ4n) is 2.10. The van der Waals surface area contributed by atoms with Crippen molar-refractivity contribution in [2.24, 2.45) is 10.2 Å². The van der Waals surface area contributed by atoms with E-state index in [-0.39, 0.29) is 10.7 Å². The molecule has 7 heteroatoms. The summed E-state index contributed by atoms with van der Waals surface area (Å²) in [6.45, 7) is 0. The molecule has 6 nitrogen and oxygen atoms in total. The largest absolute Gasteiger partial charge is 0.356 e. The van der Waals surface area contributed by atoms with Crippen molar-refractivity contribution < 1.29 is 4.92 Å². The highest BCUT2D eigenvalue weighted by Gasteiger charge is 2.08. The molecule has 0 radical (unpaired) electrons. The quantitative estimate of drug-likeness (QED) is 0.327. The molecule has 124 valence electrons. The Morgan fingerprint density at radius 3 is 2.20 bits per heavy atom. The summed E-state index contributed by atoms with van der Waals surface area (Å²) in [5.74, 6) is 0. The zero-order chi connectivity index (χ0) is 17.6. The van der Waals surface area contributed by atoms with Gasteiger partial charge in [0.05, 0.1) is 15.6 Å². The molecule has 0 heterocycles. The molecular formula is C18H13ClN4O2. The Morgan fingerprint density at radius 2 is 1.56 bits per heavy atom. The second-order valence-corrected chi connectivity index (χ2v) is 5.54. The number of azo groups is 1. The number of non-ortho nitro benzene ring substituents is 1. The van der Waals surface area contributed by atoms with E-state index in [1.54, 1.807) is 0 Å². The van der Waals surface area contributed by atoms with E-state index in [9.17, 15) is 10.1 Å². The van der Waals surface area contributed by atoms with Crippen LogP contribution in [0.4, 0.5) is 28.4 Å². The van der Waals surface area contributed by atoms with Crippen LogP contribution < -0.4 is 5.32 Å². The first kappa shape index (κ1) is 16.6. The third kappa shape index (κ3) is 4.39. The third-order valence-electron chi connectivity index (χ3n) is 3.35. The third-order valence-corrected chi connectivity index (χ3v) is 3.65. The number of halogens is 1. The molecule has 0 fully saturated rings. The van der Waals surface area contributed by atoms with Crippen LogP contribution in [0.15, 0.2) is 83.0 Å². The van der Waals surface area contributed by atoms with Gasteiger partial charge in [-0.15, -0.1) is 5.11 Å². The molecule has 0 unspecified atom stereocenters. The zero-order valence-corrected chi connectivity index (χ0v) is 13.7. The first-order chi connectivity index (χ1) is 12.1. The number of rotatable bonds is 5. The van der Waals surface area contributed by atoms with E-state index in [4.69, 9.17) is 11.6 Å². The lowest BCUT2D eigenvalue weighted by Gasteiger charge is -2.05. The summed E-state index contributed by atoms with van der Waals surface area (Å²) in [7, 11) is 0. The fraction of sp³-hybridized carbons (Fsp3) is 0. The SMILES string of the molecule is O=[N+]([O-])c1ccc(N=Nc2ccc(Nc3ccccc3)cc2)c(Cl)c1. The molecular weight excluding hydrogens is 340 g/mol. The molecule has 0 aliphatic rings. The van der Waals surface area contributed by atoms with Gasteiger partial charge in [0.15, 0.2) is 0 Å². The average molecular weight is 353 g/mol. The van der Waals surface area contributed by atoms with E-state index in [0.29, 0.717) is 11.4 Å². The van der Waals surface area contributed by atoms with Crippen molar-refractivity contribution in [3.8, 4) is 0 Å². The number of nitro benzene ring substituents is 1. The molecule has 0 aliphatic heterocycles. The smallest absolute Gasteiger partial charge is 0.271 e. The number of nitrogens with one attached hydrogen (secondary N) is 1. The molecule has 0 spiro atoms. The number of para-hydroxylation sites is 1. The van der Waals surface area contributed by atoms with Crippen LogP contribution in [-0.4, -0.2) is 4.92 Å². The first-order valence-electron chi connectivity index (χ1n) is 7.40. The molecule has 3 rings (SSSR count). The maximum absolute atomic E-state index is 10.7. The molecule has 0 saturated heterocycles. The van der Waals surface area contributed by atoms with Crippen LogP contribution in [0.2, 0.25) is 5.02 Å². The standard InChI is InChI=1S/C18H13ClN4O2/c19-17-12-16(23(24)25)10-11-18(17)22-21-15-8-6-14(7-9-15)20-13-4-2-1-3-5-13/h1-12,20H. The topological polar surface area (TPSA) is 79.9 Å². The molecule has 0 bridgehead atoms. The van der Waals surface area contributed by atoms with Gasteiger partial charge in [-0.25, -0.2) is 0 Å². The molecule has 1 N–H and O–H groups in total. The van der Waals surface area contributed by atoms with Crippen molar-refractivity contribution in [3.63, 3.8) is 0 Å². The highest BCUT2D eigenvalue weighted by molar-refractivity contribution is 6.33. The van der Waals surface area contributed by atoms with E-state index in [1.165, 1.54) is 18.2 Å². The van der Waals surface area contributed by atoms with E-state index in [2.05, 4.69) is 15.5 Å². The van der Waals surface area contributed by atoms with Gasteiger partial charge in [0, 0.05) is 23.5 Å². The van der Waals surface area contributed by atoms with Crippen molar-refractivity contribution in [2.45, 2.75) is 0 Å². The summed E-state index contributed by atoms with van der Waals surface area (Å²) < 4.78 is 0. The monoisotopic (exact) mass is 352 g/mol. The predicted octanol–water partition coefficient (Wildman–Crippen LogP) is 6.41. The van der Waals surface area contributed by atoms with Crippen molar-refractivity contribution in [3.05, 3.63) is 87.9 Å². The van der Waals surface area contributed by atoms with E-state index in [1.807, 2.05) is 54.6 Å². The Morgan fingerprint density at radius 1 is 0.880 bits per heavy atom. The van der Waals surface area contributed by atoms with Crippen LogP contribution in [0.3, 0.4) is 0 Å². The Labute approximate surface area is 148 Å². The van der Waals surface area contributed by atoms with Crippen LogP contribution in [0.5, 0.6) is 0 Å². The Balaban J connectivity index is 1.71. The Bertz CT molecular complexity index is 912. The van der Waals surface area contributed by atoms with Crippen LogP contribution in [-0.2, 0) is 0 Å². The molecule has 25 heavy (non-hydrogen) atoms. The summed E-state index contributed by atoms with van der Waals surface area (Å²) in [6, 6.07) is 21.3. The number of nitro groups is 1. The minimum atomic E-state index is -0.509. The minimum absolute atomic E-state index is 0.0831. The van der Waals surface area contributed by atoms with Crippen molar-refractivity contribution in [1.82, 2.24) is 0 Å². The molecule has 0 aromatic heterocycles. The van der Waals surface area contributed by atoms with Crippen LogP contribution in [0.1, 0.15) is 0 Å². The summed E-state index contributed by atoms with van der Waals surface area (Å²) >= 11 is 5.99. The van der Waals surface area contributed by atoms with Gasteiger partial charge in [0.2, 0.25) is 0 Å².